The number of anilines is 1. The number of halogens is 2. The van der Waals surface area contributed by atoms with E-state index < -0.39 is 23.1 Å². The fourth-order valence-electron chi connectivity index (χ4n) is 1.36. The molecule has 0 spiro atoms. The molecule has 0 radical (unpaired) electrons. The summed E-state index contributed by atoms with van der Waals surface area (Å²) in [6.45, 7) is 0. The van der Waals surface area contributed by atoms with E-state index >= 15 is 0 Å². The highest BCUT2D eigenvalue weighted by atomic mass is 19.1. The number of carbonyl (C=O) groups excluding carboxylic acids is 1. The van der Waals surface area contributed by atoms with Crippen LogP contribution in [0.5, 0.6) is 0 Å². The summed E-state index contributed by atoms with van der Waals surface area (Å²) in [4.78, 5) is 11.7. The average molecular weight is 248 g/mol. The molecule has 1 aromatic heterocycles. The molecule has 0 saturated heterocycles. The summed E-state index contributed by atoms with van der Waals surface area (Å²) in [5.41, 5.74) is -0.643. The highest BCUT2D eigenvalue weighted by Gasteiger charge is 2.18. The number of amides is 1. The zero-order valence-corrected chi connectivity index (χ0v) is 8.87. The first-order valence-corrected chi connectivity index (χ1v) is 4.82. The summed E-state index contributed by atoms with van der Waals surface area (Å²) in [7, 11) is 0. The smallest absolute Gasteiger partial charge is 0.262 e. The van der Waals surface area contributed by atoms with Gasteiger partial charge >= 0.3 is 0 Å². The summed E-state index contributed by atoms with van der Waals surface area (Å²) in [6.07, 6.45) is 1.19. The summed E-state index contributed by atoms with van der Waals surface area (Å²) in [6, 6.07) is 4.85. The first-order valence-electron chi connectivity index (χ1n) is 4.82. The van der Waals surface area contributed by atoms with Crippen LogP contribution in [-0.4, -0.2) is 16.1 Å². The number of nitrogens with one attached hydrogen (secondary N) is 2. The lowest BCUT2D eigenvalue weighted by Crippen LogP contribution is -2.16. The van der Waals surface area contributed by atoms with E-state index in [0.717, 1.165) is 18.2 Å². The normalized spacial score (nSPS) is 9.83. The lowest BCUT2D eigenvalue weighted by molar-refractivity contribution is 0.101. The number of nitrogens with zero attached hydrogens (tertiary/aromatic N) is 2. The van der Waals surface area contributed by atoms with Gasteiger partial charge in [0.15, 0.2) is 0 Å². The molecule has 0 aliphatic carbocycles. The number of rotatable bonds is 2. The number of hydrogen-bond acceptors (Lipinski definition) is 3. The zero-order valence-electron chi connectivity index (χ0n) is 8.87. The summed E-state index contributed by atoms with van der Waals surface area (Å²) >= 11 is 0. The predicted octanol–water partition coefficient (Wildman–Crippen LogP) is 1.81. The number of carbonyl (C=O) groups is 1. The van der Waals surface area contributed by atoms with Gasteiger partial charge in [0.05, 0.1) is 6.20 Å². The van der Waals surface area contributed by atoms with Crippen LogP contribution in [0.15, 0.2) is 24.4 Å². The number of aromatic nitrogens is 2. The summed E-state index contributed by atoms with van der Waals surface area (Å²) < 4.78 is 26.6. The lowest BCUT2D eigenvalue weighted by Gasteiger charge is -2.05. The molecule has 0 saturated carbocycles. The van der Waals surface area contributed by atoms with Crippen molar-refractivity contribution in [1.82, 2.24) is 10.2 Å². The second kappa shape index (κ2) is 4.63. The Morgan fingerprint density at radius 2 is 2.06 bits per heavy atom. The Bertz CT molecular complexity index is 624. The minimum absolute atomic E-state index is 0.00912. The van der Waals surface area contributed by atoms with E-state index in [9.17, 15) is 13.6 Å². The number of nitriles is 1. The predicted molar refractivity (Wildman–Crippen MR) is 57.6 cm³/mol. The standard InChI is InChI=1S/C11H6F2N4O/c12-7-2-1-3-8(13)9(7)11(18)16-10-6(4-14)5-15-17-10/h1-3,5H,(H2,15,16,17,18). The minimum atomic E-state index is -0.994. The molecular formula is C11H6F2N4O. The number of hydrogen-bond donors (Lipinski definition) is 2. The molecule has 2 aromatic rings. The SMILES string of the molecule is N#Cc1cn[nH]c1NC(=O)c1c(F)cccc1F. The molecular weight excluding hydrogens is 242 g/mol. The van der Waals surface area contributed by atoms with Gasteiger partial charge in [0.2, 0.25) is 0 Å². The van der Waals surface area contributed by atoms with Crippen LogP contribution < -0.4 is 5.32 Å². The maximum Gasteiger partial charge on any atom is 0.262 e. The van der Waals surface area contributed by atoms with Crippen molar-refractivity contribution in [3.63, 3.8) is 0 Å². The van der Waals surface area contributed by atoms with Gasteiger partial charge in [-0.1, -0.05) is 6.07 Å². The van der Waals surface area contributed by atoms with Crippen LogP contribution in [0.3, 0.4) is 0 Å². The highest BCUT2D eigenvalue weighted by Crippen LogP contribution is 2.15. The molecule has 18 heavy (non-hydrogen) atoms. The minimum Gasteiger partial charge on any atom is -0.306 e. The van der Waals surface area contributed by atoms with Gasteiger partial charge in [0, 0.05) is 0 Å². The van der Waals surface area contributed by atoms with E-state index in [1.165, 1.54) is 6.20 Å². The molecule has 0 unspecified atom stereocenters. The van der Waals surface area contributed by atoms with E-state index in [4.69, 9.17) is 5.26 Å². The molecule has 1 heterocycles. The van der Waals surface area contributed by atoms with Gasteiger partial charge in [-0.15, -0.1) is 0 Å². The van der Waals surface area contributed by atoms with Crippen molar-refractivity contribution >= 4 is 11.7 Å². The van der Waals surface area contributed by atoms with Crippen LogP contribution >= 0.6 is 0 Å². The van der Waals surface area contributed by atoms with Crippen molar-refractivity contribution < 1.29 is 13.6 Å². The second-order valence-corrected chi connectivity index (χ2v) is 3.32. The molecule has 1 amide bonds. The van der Waals surface area contributed by atoms with E-state index in [1.807, 2.05) is 0 Å². The van der Waals surface area contributed by atoms with E-state index in [-0.39, 0.29) is 11.4 Å². The average Bonchev–Trinajstić information content (AvgIpc) is 2.76. The highest BCUT2D eigenvalue weighted by molar-refractivity contribution is 6.04. The Morgan fingerprint density at radius 1 is 1.39 bits per heavy atom. The van der Waals surface area contributed by atoms with Gasteiger partial charge < -0.3 is 5.32 Å². The van der Waals surface area contributed by atoms with Crippen LogP contribution in [0.2, 0.25) is 0 Å². The van der Waals surface area contributed by atoms with Gasteiger partial charge in [0.1, 0.15) is 34.6 Å². The molecule has 7 heteroatoms. The topological polar surface area (TPSA) is 81.6 Å². The molecule has 5 nitrogen and oxygen atoms in total. The van der Waals surface area contributed by atoms with Crippen LogP contribution in [0.1, 0.15) is 15.9 Å². The maximum atomic E-state index is 13.3. The van der Waals surface area contributed by atoms with Gasteiger partial charge in [-0.25, -0.2) is 8.78 Å². The molecule has 2 N–H and O–H groups in total. The van der Waals surface area contributed by atoms with Crippen LogP contribution in [0, 0.1) is 23.0 Å². The third kappa shape index (κ3) is 2.04. The van der Waals surface area contributed by atoms with Gasteiger partial charge in [0.25, 0.3) is 5.91 Å². The summed E-state index contributed by atoms with van der Waals surface area (Å²) in [5.74, 6) is -2.97. The second-order valence-electron chi connectivity index (χ2n) is 3.32. The van der Waals surface area contributed by atoms with Crippen molar-refractivity contribution in [3.8, 4) is 6.07 Å². The molecule has 0 atom stereocenters. The molecule has 0 bridgehead atoms. The monoisotopic (exact) mass is 248 g/mol. The van der Waals surface area contributed by atoms with E-state index in [1.54, 1.807) is 6.07 Å². The Labute approximate surface area is 100 Å². The third-order valence-corrected chi connectivity index (χ3v) is 2.19. The van der Waals surface area contributed by atoms with E-state index in [2.05, 4.69) is 15.5 Å². The molecule has 0 fully saturated rings. The van der Waals surface area contributed by atoms with Crippen molar-refractivity contribution in [3.05, 3.63) is 47.2 Å². The largest absolute Gasteiger partial charge is 0.306 e. The number of benzene rings is 1. The number of H-pyrrole nitrogens is 1. The van der Waals surface area contributed by atoms with Crippen LogP contribution in [0.25, 0.3) is 0 Å². The zero-order chi connectivity index (χ0) is 13.1. The Kier molecular flexibility index (Phi) is 3.02. The van der Waals surface area contributed by atoms with Crippen LogP contribution in [-0.2, 0) is 0 Å². The Balaban J connectivity index is 2.31. The van der Waals surface area contributed by atoms with Gasteiger partial charge in [-0.05, 0) is 12.1 Å². The first-order chi connectivity index (χ1) is 8.63. The van der Waals surface area contributed by atoms with Gasteiger partial charge in [-0.2, -0.15) is 10.4 Å². The van der Waals surface area contributed by atoms with Gasteiger partial charge in [-0.3, -0.25) is 9.89 Å². The van der Waals surface area contributed by atoms with Crippen molar-refractivity contribution in [1.29, 1.82) is 5.26 Å². The molecule has 0 aliphatic rings. The Morgan fingerprint density at radius 3 is 2.67 bits per heavy atom. The van der Waals surface area contributed by atoms with E-state index in [0.29, 0.717) is 0 Å². The van der Waals surface area contributed by atoms with Crippen molar-refractivity contribution in [2.75, 3.05) is 5.32 Å². The third-order valence-electron chi connectivity index (χ3n) is 2.19. The molecule has 2 rings (SSSR count). The van der Waals surface area contributed by atoms with Crippen molar-refractivity contribution in [2.45, 2.75) is 0 Å². The first kappa shape index (κ1) is 11.7. The fraction of sp³-hybridized carbons (Fsp3) is 0. The fourth-order valence-corrected chi connectivity index (χ4v) is 1.36. The van der Waals surface area contributed by atoms with Crippen molar-refractivity contribution in [2.24, 2.45) is 0 Å². The molecule has 90 valence electrons. The maximum absolute atomic E-state index is 13.3. The lowest BCUT2D eigenvalue weighted by atomic mass is 10.2. The Hall–Kier alpha value is -2.75. The number of aromatic amines is 1. The quantitative estimate of drug-likeness (QED) is 0.850. The molecule has 1 aromatic carbocycles. The van der Waals surface area contributed by atoms with Crippen LogP contribution in [0.4, 0.5) is 14.6 Å². The summed E-state index contributed by atoms with van der Waals surface area (Å²) in [5, 5.41) is 16.8. The molecule has 0 aliphatic heterocycles.